The maximum Gasteiger partial charge on any atom is 0.254 e. The Balaban J connectivity index is 2.11. The van der Waals surface area contributed by atoms with Gasteiger partial charge in [0, 0.05) is 30.9 Å². The SMILES string of the molecule is CCCNc1ccc(C(=O)N2CCCC2)c(C)c1. The number of likely N-dealkylation sites (tertiary alicyclic amines) is 1. The lowest BCUT2D eigenvalue weighted by molar-refractivity contribution is 0.0792. The molecule has 1 aliphatic heterocycles. The van der Waals surface area contributed by atoms with E-state index in [0.717, 1.165) is 55.7 Å². The van der Waals surface area contributed by atoms with Crippen molar-refractivity contribution in [3.8, 4) is 0 Å². The molecule has 1 amide bonds. The van der Waals surface area contributed by atoms with Gasteiger partial charge in [-0.15, -0.1) is 0 Å². The van der Waals surface area contributed by atoms with Crippen LogP contribution < -0.4 is 5.32 Å². The standard InChI is InChI=1S/C15H22N2O/c1-3-8-16-13-6-7-14(12(2)11-13)15(18)17-9-4-5-10-17/h6-7,11,16H,3-5,8-10H2,1-2H3. The topological polar surface area (TPSA) is 32.3 Å². The first kappa shape index (κ1) is 12.9. The number of nitrogens with zero attached hydrogens (tertiary/aromatic N) is 1. The molecule has 0 atom stereocenters. The van der Waals surface area contributed by atoms with E-state index in [2.05, 4.69) is 18.3 Å². The average Bonchev–Trinajstić information content (AvgIpc) is 2.89. The van der Waals surface area contributed by atoms with Crippen molar-refractivity contribution in [3.63, 3.8) is 0 Å². The van der Waals surface area contributed by atoms with E-state index in [1.54, 1.807) is 0 Å². The molecular formula is C15H22N2O. The molecule has 1 aliphatic rings. The van der Waals surface area contributed by atoms with Crippen LogP contribution in [0.2, 0.25) is 0 Å². The van der Waals surface area contributed by atoms with E-state index >= 15 is 0 Å². The summed E-state index contributed by atoms with van der Waals surface area (Å²) in [5.41, 5.74) is 3.01. The minimum Gasteiger partial charge on any atom is -0.385 e. The molecule has 1 fully saturated rings. The summed E-state index contributed by atoms with van der Waals surface area (Å²) in [5, 5.41) is 3.35. The number of hydrogen-bond acceptors (Lipinski definition) is 2. The molecule has 1 aromatic carbocycles. The number of amides is 1. The predicted octanol–water partition coefficient (Wildman–Crippen LogP) is 3.05. The molecule has 0 saturated carbocycles. The summed E-state index contributed by atoms with van der Waals surface area (Å²) < 4.78 is 0. The third-order valence-electron chi connectivity index (χ3n) is 3.43. The summed E-state index contributed by atoms with van der Waals surface area (Å²) in [6, 6.07) is 6.03. The first-order valence-electron chi connectivity index (χ1n) is 6.86. The van der Waals surface area contributed by atoms with Gasteiger partial charge in [0.2, 0.25) is 0 Å². The van der Waals surface area contributed by atoms with Crippen LogP contribution in [-0.2, 0) is 0 Å². The van der Waals surface area contributed by atoms with Gasteiger partial charge < -0.3 is 10.2 Å². The molecule has 2 rings (SSSR count). The van der Waals surface area contributed by atoms with E-state index in [4.69, 9.17) is 0 Å². The number of aryl methyl sites for hydroxylation is 1. The molecule has 3 heteroatoms. The van der Waals surface area contributed by atoms with Crippen LogP contribution in [0, 0.1) is 6.92 Å². The van der Waals surface area contributed by atoms with Crippen LogP contribution in [0.3, 0.4) is 0 Å². The summed E-state index contributed by atoms with van der Waals surface area (Å²) >= 11 is 0. The van der Waals surface area contributed by atoms with Crippen LogP contribution in [0.25, 0.3) is 0 Å². The zero-order chi connectivity index (χ0) is 13.0. The van der Waals surface area contributed by atoms with Crippen LogP contribution in [-0.4, -0.2) is 30.4 Å². The minimum atomic E-state index is 0.187. The van der Waals surface area contributed by atoms with E-state index in [1.807, 2.05) is 24.0 Å². The zero-order valence-electron chi connectivity index (χ0n) is 11.3. The fourth-order valence-corrected chi connectivity index (χ4v) is 2.37. The second kappa shape index (κ2) is 5.89. The van der Waals surface area contributed by atoms with Crippen LogP contribution in [0.1, 0.15) is 42.1 Å². The van der Waals surface area contributed by atoms with Gasteiger partial charge in [0.25, 0.3) is 5.91 Å². The van der Waals surface area contributed by atoms with Crippen molar-refractivity contribution in [2.45, 2.75) is 33.1 Å². The lowest BCUT2D eigenvalue weighted by Gasteiger charge is -2.17. The molecule has 1 aromatic rings. The Kier molecular flexibility index (Phi) is 4.24. The monoisotopic (exact) mass is 246 g/mol. The summed E-state index contributed by atoms with van der Waals surface area (Å²) in [4.78, 5) is 14.3. The molecule has 0 radical (unpaired) electrons. The highest BCUT2D eigenvalue weighted by Gasteiger charge is 2.20. The van der Waals surface area contributed by atoms with Gasteiger partial charge in [0.15, 0.2) is 0 Å². The molecule has 0 spiro atoms. The van der Waals surface area contributed by atoms with Gasteiger partial charge in [-0.05, 0) is 49.9 Å². The van der Waals surface area contributed by atoms with Crippen molar-refractivity contribution in [1.29, 1.82) is 0 Å². The van der Waals surface area contributed by atoms with Crippen molar-refractivity contribution in [3.05, 3.63) is 29.3 Å². The Labute approximate surface area is 109 Å². The Bertz CT molecular complexity index is 423. The summed E-state index contributed by atoms with van der Waals surface area (Å²) in [5.74, 6) is 0.187. The molecule has 0 aliphatic carbocycles. The highest BCUT2D eigenvalue weighted by molar-refractivity contribution is 5.96. The lowest BCUT2D eigenvalue weighted by atomic mass is 10.1. The highest BCUT2D eigenvalue weighted by atomic mass is 16.2. The maximum absolute atomic E-state index is 12.3. The number of nitrogens with one attached hydrogen (secondary N) is 1. The summed E-state index contributed by atoms with van der Waals surface area (Å²) in [6.07, 6.45) is 3.38. The second-order valence-corrected chi connectivity index (χ2v) is 4.96. The number of benzene rings is 1. The molecule has 3 nitrogen and oxygen atoms in total. The smallest absolute Gasteiger partial charge is 0.254 e. The van der Waals surface area contributed by atoms with Gasteiger partial charge in [-0.2, -0.15) is 0 Å². The van der Waals surface area contributed by atoms with Gasteiger partial charge in [0.1, 0.15) is 0 Å². The van der Waals surface area contributed by atoms with Crippen molar-refractivity contribution >= 4 is 11.6 Å². The van der Waals surface area contributed by atoms with Gasteiger partial charge >= 0.3 is 0 Å². The van der Waals surface area contributed by atoms with E-state index in [9.17, 15) is 4.79 Å². The molecule has 0 unspecified atom stereocenters. The Morgan fingerprint density at radius 3 is 2.67 bits per heavy atom. The largest absolute Gasteiger partial charge is 0.385 e. The molecule has 98 valence electrons. The van der Waals surface area contributed by atoms with Crippen molar-refractivity contribution in [2.75, 3.05) is 25.0 Å². The van der Waals surface area contributed by atoms with Gasteiger partial charge in [-0.3, -0.25) is 4.79 Å². The first-order valence-corrected chi connectivity index (χ1v) is 6.86. The predicted molar refractivity (Wildman–Crippen MR) is 75.1 cm³/mol. The second-order valence-electron chi connectivity index (χ2n) is 4.96. The Hall–Kier alpha value is -1.51. The van der Waals surface area contributed by atoms with Crippen LogP contribution >= 0.6 is 0 Å². The molecular weight excluding hydrogens is 224 g/mol. The fraction of sp³-hybridized carbons (Fsp3) is 0.533. The fourth-order valence-electron chi connectivity index (χ4n) is 2.37. The van der Waals surface area contributed by atoms with Crippen molar-refractivity contribution < 1.29 is 4.79 Å². The van der Waals surface area contributed by atoms with Crippen molar-refractivity contribution in [1.82, 2.24) is 4.90 Å². The molecule has 1 saturated heterocycles. The number of carbonyl (C=O) groups excluding carboxylic acids is 1. The van der Waals surface area contributed by atoms with Crippen LogP contribution in [0.4, 0.5) is 5.69 Å². The third kappa shape index (κ3) is 2.84. The third-order valence-corrected chi connectivity index (χ3v) is 3.43. The Morgan fingerprint density at radius 1 is 1.33 bits per heavy atom. The van der Waals surface area contributed by atoms with Crippen molar-refractivity contribution in [2.24, 2.45) is 0 Å². The number of hydrogen-bond donors (Lipinski definition) is 1. The van der Waals surface area contributed by atoms with E-state index in [1.165, 1.54) is 0 Å². The first-order chi connectivity index (χ1) is 8.72. The summed E-state index contributed by atoms with van der Waals surface area (Å²) in [7, 11) is 0. The molecule has 0 bridgehead atoms. The molecule has 0 aromatic heterocycles. The normalized spacial score (nSPS) is 14.9. The molecule has 1 heterocycles. The average molecular weight is 246 g/mol. The number of anilines is 1. The molecule has 1 N–H and O–H groups in total. The Morgan fingerprint density at radius 2 is 2.06 bits per heavy atom. The lowest BCUT2D eigenvalue weighted by Crippen LogP contribution is -2.28. The highest BCUT2D eigenvalue weighted by Crippen LogP contribution is 2.19. The summed E-state index contributed by atoms with van der Waals surface area (Å²) in [6.45, 7) is 6.95. The zero-order valence-corrected chi connectivity index (χ0v) is 11.3. The quantitative estimate of drug-likeness (QED) is 0.885. The van der Waals surface area contributed by atoms with Gasteiger partial charge in [0.05, 0.1) is 0 Å². The molecule has 18 heavy (non-hydrogen) atoms. The van der Waals surface area contributed by atoms with Crippen LogP contribution in [0.15, 0.2) is 18.2 Å². The van der Waals surface area contributed by atoms with E-state index in [-0.39, 0.29) is 5.91 Å². The van der Waals surface area contributed by atoms with Gasteiger partial charge in [-0.1, -0.05) is 6.92 Å². The number of rotatable bonds is 4. The van der Waals surface area contributed by atoms with E-state index in [0.29, 0.717) is 0 Å². The van der Waals surface area contributed by atoms with E-state index < -0.39 is 0 Å². The van der Waals surface area contributed by atoms with Gasteiger partial charge in [-0.25, -0.2) is 0 Å². The number of carbonyl (C=O) groups is 1. The van der Waals surface area contributed by atoms with Crippen LogP contribution in [0.5, 0.6) is 0 Å². The minimum absolute atomic E-state index is 0.187. The maximum atomic E-state index is 12.3.